The Morgan fingerprint density at radius 3 is 1.34 bits per heavy atom. The van der Waals surface area contributed by atoms with E-state index in [-0.39, 0.29) is 0 Å². The van der Waals surface area contributed by atoms with Gasteiger partial charge in [0.2, 0.25) is 0 Å². The summed E-state index contributed by atoms with van der Waals surface area (Å²) in [6.45, 7) is 0. The Hall–Kier alpha value is -7.82. The third-order valence-corrected chi connectivity index (χ3v) is 12.3. The molecule has 0 aliphatic rings. The SMILES string of the molecule is c1ccc(-n2c3ccccc3c3c(-n4c5ccccc5c5cc(-n6c7ccccc7c7c6ccc6c8ccccc8n(-c8ccccc8)c67)ccc54)cccc32)cc1. The van der Waals surface area contributed by atoms with E-state index in [0.29, 0.717) is 0 Å². The van der Waals surface area contributed by atoms with Gasteiger partial charge in [-0.2, -0.15) is 0 Å². The largest absolute Gasteiger partial charge is 0.309 e. The number of benzene rings is 9. The molecule has 0 aliphatic carbocycles. The molecule has 0 saturated heterocycles. The Morgan fingerprint density at radius 1 is 0.224 bits per heavy atom. The maximum atomic E-state index is 2.48. The molecule has 0 saturated carbocycles. The van der Waals surface area contributed by atoms with E-state index in [1.807, 2.05) is 0 Å². The van der Waals surface area contributed by atoms with Gasteiger partial charge in [-0.3, -0.25) is 0 Å². The zero-order valence-corrected chi connectivity index (χ0v) is 31.4. The van der Waals surface area contributed by atoms with Crippen LogP contribution in [-0.2, 0) is 0 Å². The predicted molar refractivity (Wildman–Crippen MR) is 244 cm³/mol. The average Bonchev–Trinajstić information content (AvgIpc) is 4.02. The summed E-state index contributed by atoms with van der Waals surface area (Å²) in [6.07, 6.45) is 0. The highest BCUT2D eigenvalue weighted by molar-refractivity contribution is 6.26. The summed E-state index contributed by atoms with van der Waals surface area (Å²) in [7, 11) is 0. The lowest BCUT2D eigenvalue weighted by molar-refractivity contribution is 1.16. The second-order valence-electron chi connectivity index (χ2n) is 15.3. The van der Waals surface area contributed by atoms with Crippen LogP contribution in [0, 0.1) is 0 Å². The van der Waals surface area contributed by atoms with E-state index >= 15 is 0 Å². The lowest BCUT2D eigenvalue weighted by Crippen LogP contribution is -1.97. The van der Waals surface area contributed by atoms with Gasteiger partial charge in [0.05, 0.1) is 49.8 Å². The Morgan fingerprint density at radius 2 is 0.672 bits per heavy atom. The second-order valence-corrected chi connectivity index (χ2v) is 15.3. The van der Waals surface area contributed by atoms with Crippen LogP contribution in [0.3, 0.4) is 0 Å². The van der Waals surface area contributed by atoms with Crippen LogP contribution in [0.5, 0.6) is 0 Å². The van der Waals surface area contributed by atoms with Crippen molar-refractivity contribution in [3.05, 3.63) is 206 Å². The number of hydrogen-bond donors (Lipinski definition) is 0. The fraction of sp³-hybridized carbons (Fsp3) is 0. The molecule has 13 rings (SSSR count). The molecule has 4 aromatic heterocycles. The second kappa shape index (κ2) is 11.8. The number of hydrogen-bond acceptors (Lipinski definition) is 0. The minimum Gasteiger partial charge on any atom is -0.309 e. The lowest BCUT2D eigenvalue weighted by Gasteiger charge is -2.12. The molecular weight excluding hydrogens is 705 g/mol. The summed E-state index contributed by atoms with van der Waals surface area (Å²) in [4.78, 5) is 0. The van der Waals surface area contributed by atoms with E-state index < -0.39 is 0 Å². The van der Waals surface area contributed by atoms with Crippen LogP contribution in [-0.4, -0.2) is 18.3 Å². The van der Waals surface area contributed by atoms with E-state index in [1.165, 1.54) is 92.9 Å². The number of rotatable bonds is 4. The van der Waals surface area contributed by atoms with Crippen LogP contribution in [0.2, 0.25) is 0 Å². The molecule has 58 heavy (non-hydrogen) atoms. The topological polar surface area (TPSA) is 19.7 Å². The van der Waals surface area contributed by atoms with Gasteiger partial charge in [0, 0.05) is 60.2 Å². The first-order chi connectivity index (χ1) is 28.8. The average molecular weight is 739 g/mol. The molecule has 0 unspecified atom stereocenters. The van der Waals surface area contributed by atoms with E-state index in [2.05, 4.69) is 225 Å². The smallest absolute Gasteiger partial charge is 0.0641 e. The summed E-state index contributed by atoms with van der Waals surface area (Å²) in [6, 6.07) is 75.3. The van der Waals surface area contributed by atoms with Gasteiger partial charge in [0.15, 0.2) is 0 Å². The minimum atomic E-state index is 1.14. The number of aromatic nitrogens is 4. The van der Waals surface area contributed by atoms with Gasteiger partial charge >= 0.3 is 0 Å². The summed E-state index contributed by atoms with van der Waals surface area (Å²) in [5.74, 6) is 0. The van der Waals surface area contributed by atoms with Gasteiger partial charge in [-0.15, -0.1) is 0 Å². The maximum absolute atomic E-state index is 2.48. The van der Waals surface area contributed by atoms with Crippen LogP contribution in [0.4, 0.5) is 0 Å². The molecule has 0 atom stereocenters. The summed E-state index contributed by atoms with van der Waals surface area (Å²) in [5.41, 5.74) is 14.2. The van der Waals surface area contributed by atoms with Crippen molar-refractivity contribution in [3.8, 4) is 22.7 Å². The van der Waals surface area contributed by atoms with Gasteiger partial charge in [0.1, 0.15) is 0 Å². The van der Waals surface area contributed by atoms with Crippen molar-refractivity contribution in [2.45, 2.75) is 0 Å². The fourth-order valence-electron chi connectivity index (χ4n) is 10.0. The minimum absolute atomic E-state index is 1.14. The fourth-order valence-corrected chi connectivity index (χ4v) is 10.0. The first kappa shape index (κ1) is 31.4. The van der Waals surface area contributed by atoms with Crippen molar-refractivity contribution in [2.75, 3.05) is 0 Å². The zero-order chi connectivity index (χ0) is 37.9. The van der Waals surface area contributed by atoms with Gasteiger partial charge in [-0.1, -0.05) is 121 Å². The monoisotopic (exact) mass is 738 g/mol. The maximum Gasteiger partial charge on any atom is 0.0641 e. The molecule has 0 spiro atoms. The molecule has 0 N–H and O–H groups in total. The Kier molecular flexibility index (Phi) is 6.41. The van der Waals surface area contributed by atoms with E-state index in [0.717, 1.165) is 17.1 Å². The molecule has 4 nitrogen and oxygen atoms in total. The first-order valence-electron chi connectivity index (χ1n) is 20.0. The standard InChI is InChI=1S/C54H34N4/c1-3-16-35(17-4-1)55-46-26-13-9-22-41(46)52-49(55)28-15-29-50(52)58-45-25-12-8-21-39(45)43-34-37(30-32-48(43)58)56-47-27-14-10-23-42(47)53-51(56)33-31-40-38-20-7-11-24-44(38)57(54(40)53)36-18-5-2-6-19-36/h1-34H. The van der Waals surface area contributed by atoms with Gasteiger partial charge in [-0.05, 0) is 84.9 Å². The first-order valence-corrected chi connectivity index (χ1v) is 20.0. The van der Waals surface area contributed by atoms with E-state index in [9.17, 15) is 0 Å². The highest BCUT2D eigenvalue weighted by Gasteiger charge is 2.23. The molecule has 0 amide bonds. The molecule has 0 fully saturated rings. The third kappa shape index (κ3) is 4.18. The Labute approximate surface area is 333 Å². The molecule has 4 heteroatoms. The normalized spacial score (nSPS) is 12.1. The molecule has 0 aliphatic heterocycles. The van der Waals surface area contributed by atoms with Crippen LogP contribution >= 0.6 is 0 Å². The molecule has 9 aromatic carbocycles. The van der Waals surface area contributed by atoms with Crippen molar-refractivity contribution in [1.29, 1.82) is 0 Å². The predicted octanol–water partition coefficient (Wildman–Crippen LogP) is 14.1. The number of nitrogens with zero attached hydrogens (tertiary/aromatic N) is 4. The zero-order valence-electron chi connectivity index (χ0n) is 31.4. The Bertz CT molecular complexity index is 3780. The van der Waals surface area contributed by atoms with Crippen molar-refractivity contribution in [2.24, 2.45) is 0 Å². The lowest BCUT2D eigenvalue weighted by atomic mass is 10.1. The third-order valence-electron chi connectivity index (χ3n) is 12.3. The highest BCUT2D eigenvalue weighted by atomic mass is 15.0. The molecule has 13 aromatic rings. The van der Waals surface area contributed by atoms with Crippen LogP contribution < -0.4 is 0 Å². The van der Waals surface area contributed by atoms with Crippen molar-refractivity contribution in [1.82, 2.24) is 18.3 Å². The molecule has 270 valence electrons. The van der Waals surface area contributed by atoms with Crippen LogP contribution in [0.15, 0.2) is 206 Å². The molecule has 0 radical (unpaired) electrons. The highest BCUT2D eigenvalue weighted by Crippen LogP contribution is 2.44. The quantitative estimate of drug-likeness (QED) is 0.171. The summed E-state index contributed by atoms with van der Waals surface area (Å²) >= 11 is 0. The summed E-state index contributed by atoms with van der Waals surface area (Å²) in [5, 5.41) is 9.97. The number of para-hydroxylation sites is 6. The molecule has 4 heterocycles. The van der Waals surface area contributed by atoms with Gasteiger partial charge in [0.25, 0.3) is 0 Å². The molecule has 0 bridgehead atoms. The van der Waals surface area contributed by atoms with Crippen molar-refractivity contribution < 1.29 is 0 Å². The van der Waals surface area contributed by atoms with Crippen LogP contribution in [0.25, 0.3) is 110 Å². The van der Waals surface area contributed by atoms with Crippen molar-refractivity contribution in [3.63, 3.8) is 0 Å². The van der Waals surface area contributed by atoms with Gasteiger partial charge in [-0.25, -0.2) is 0 Å². The summed E-state index contributed by atoms with van der Waals surface area (Å²) < 4.78 is 9.80. The molecular formula is C54H34N4. The van der Waals surface area contributed by atoms with Crippen LogP contribution in [0.1, 0.15) is 0 Å². The Balaban J connectivity index is 1.10. The van der Waals surface area contributed by atoms with Crippen molar-refractivity contribution >= 4 is 87.2 Å². The number of fused-ring (bicyclic) bond motifs is 13. The van der Waals surface area contributed by atoms with E-state index in [1.54, 1.807) is 0 Å². The van der Waals surface area contributed by atoms with Gasteiger partial charge < -0.3 is 18.3 Å². The van der Waals surface area contributed by atoms with E-state index in [4.69, 9.17) is 0 Å².